The Hall–Kier alpha value is -2.28. The molecular formula is C14H14N4O2S. The van der Waals surface area contributed by atoms with Crippen LogP contribution in [0.1, 0.15) is 33.1 Å². The number of thiazole rings is 1. The number of hydrogen-bond acceptors (Lipinski definition) is 6. The highest BCUT2D eigenvalue weighted by Gasteiger charge is 2.14. The lowest BCUT2D eigenvalue weighted by atomic mass is 10.3. The van der Waals surface area contributed by atoms with E-state index < -0.39 is 5.97 Å². The summed E-state index contributed by atoms with van der Waals surface area (Å²) in [6.45, 7) is 2.04. The monoisotopic (exact) mass is 302 g/mol. The van der Waals surface area contributed by atoms with Gasteiger partial charge < -0.3 is 10.0 Å². The highest BCUT2D eigenvalue weighted by molar-refractivity contribution is 7.14. The van der Waals surface area contributed by atoms with Crippen molar-refractivity contribution in [2.24, 2.45) is 0 Å². The first kappa shape index (κ1) is 13.7. The quantitative estimate of drug-likeness (QED) is 0.934. The second kappa shape index (κ2) is 6.01. The first-order valence-electron chi connectivity index (χ1n) is 6.66. The highest BCUT2D eigenvalue weighted by atomic mass is 32.1. The van der Waals surface area contributed by atoms with Gasteiger partial charge in [0, 0.05) is 31.0 Å². The van der Waals surface area contributed by atoms with Crippen molar-refractivity contribution in [3.8, 4) is 0 Å². The number of carboxylic acid groups (broad SMARTS) is 1. The smallest absolute Gasteiger partial charge is 0.347 e. The molecule has 2 aromatic heterocycles. The predicted octanol–water partition coefficient (Wildman–Crippen LogP) is 2.40. The number of carbonyl (C=O) groups is 1. The van der Waals surface area contributed by atoms with Gasteiger partial charge in [0.05, 0.1) is 6.20 Å². The second-order valence-corrected chi connectivity index (χ2v) is 5.77. The SMILES string of the molecule is O=C(O)c1cnc(C=Cc2cnc(N3CCCC3)nc2)s1. The zero-order chi connectivity index (χ0) is 14.7. The summed E-state index contributed by atoms with van der Waals surface area (Å²) in [6, 6.07) is 0. The molecule has 6 nitrogen and oxygen atoms in total. The maximum absolute atomic E-state index is 10.8. The van der Waals surface area contributed by atoms with Crippen LogP contribution >= 0.6 is 11.3 Å². The molecule has 0 saturated carbocycles. The summed E-state index contributed by atoms with van der Waals surface area (Å²) in [5, 5.41) is 9.49. The Morgan fingerprint density at radius 3 is 2.48 bits per heavy atom. The number of anilines is 1. The van der Waals surface area contributed by atoms with Gasteiger partial charge in [-0.25, -0.2) is 19.7 Å². The van der Waals surface area contributed by atoms with Gasteiger partial charge >= 0.3 is 5.97 Å². The van der Waals surface area contributed by atoms with E-state index in [9.17, 15) is 4.79 Å². The van der Waals surface area contributed by atoms with Gasteiger partial charge in [0.25, 0.3) is 0 Å². The molecule has 1 fully saturated rings. The molecule has 7 heteroatoms. The Morgan fingerprint density at radius 1 is 1.14 bits per heavy atom. The molecule has 0 radical (unpaired) electrons. The Bertz CT molecular complexity index is 660. The molecule has 0 amide bonds. The molecule has 0 aromatic carbocycles. The summed E-state index contributed by atoms with van der Waals surface area (Å²) >= 11 is 1.14. The van der Waals surface area contributed by atoms with E-state index in [-0.39, 0.29) is 4.88 Å². The first-order valence-corrected chi connectivity index (χ1v) is 7.48. The number of hydrogen-bond donors (Lipinski definition) is 1. The maximum Gasteiger partial charge on any atom is 0.347 e. The molecule has 0 bridgehead atoms. The average Bonchev–Trinajstić information content (AvgIpc) is 3.17. The molecule has 21 heavy (non-hydrogen) atoms. The van der Waals surface area contributed by atoms with Crippen molar-refractivity contribution in [1.29, 1.82) is 0 Å². The van der Waals surface area contributed by atoms with Gasteiger partial charge in [-0.3, -0.25) is 0 Å². The second-order valence-electron chi connectivity index (χ2n) is 4.71. The normalized spacial score (nSPS) is 15.0. The van der Waals surface area contributed by atoms with E-state index in [4.69, 9.17) is 5.11 Å². The lowest BCUT2D eigenvalue weighted by molar-refractivity contribution is 0.0702. The van der Waals surface area contributed by atoms with Crippen molar-refractivity contribution >= 4 is 35.4 Å². The lowest BCUT2D eigenvalue weighted by Crippen LogP contribution is -2.20. The number of nitrogens with zero attached hydrogens (tertiary/aromatic N) is 4. The molecule has 1 aliphatic heterocycles. The van der Waals surface area contributed by atoms with E-state index >= 15 is 0 Å². The van der Waals surface area contributed by atoms with E-state index in [0.717, 1.165) is 35.9 Å². The summed E-state index contributed by atoms with van der Waals surface area (Å²) in [4.78, 5) is 25.9. The van der Waals surface area contributed by atoms with Crippen molar-refractivity contribution in [3.63, 3.8) is 0 Å². The van der Waals surface area contributed by atoms with E-state index in [1.165, 1.54) is 19.0 Å². The maximum atomic E-state index is 10.8. The van der Waals surface area contributed by atoms with Crippen molar-refractivity contribution in [2.75, 3.05) is 18.0 Å². The van der Waals surface area contributed by atoms with E-state index in [0.29, 0.717) is 5.01 Å². The lowest BCUT2D eigenvalue weighted by Gasteiger charge is -2.14. The number of aromatic carboxylic acids is 1. The van der Waals surface area contributed by atoms with Crippen molar-refractivity contribution in [3.05, 3.63) is 34.0 Å². The van der Waals surface area contributed by atoms with Crippen LogP contribution in [0.2, 0.25) is 0 Å². The Morgan fingerprint density at radius 2 is 1.86 bits per heavy atom. The molecule has 0 spiro atoms. The fourth-order valence-electron chi connectivity index (χ4n) is 2.13. The van der Waals surface area contributed by atoms with Gasteiger partial charge in [-0.2, -0.15) is 0 Å². The molecule has 3 rings (SSSR count). The molecule has 0 atom stereocenters. The Kier molecular flexibility index (Phi) is 3.92. The van der Waals surface area contributed by atoms with Crippen LogP contribution in [-0.4, -0.2) is 39.1 Å². The minimum Gasteiger partial charge on any atom is -0.477 e. The van der Waals surface area contributed by atoms with Crippen LogP contribution in [0.3, 0.4) is 0 Å². The van der Waals surface area contributed by atoms with Gasteiger partial charge in [-0.1, -0.05) is 0 Å². The molecule has 1 N–H and O–H groups in total. The summed E-state index contributed by atoms with van der Waals surface area (Å²) in [6.07, 6.45) is 10.9. The fourth-order valence-corrected chi connectivity index (χ4v) is 2.79. The third-order valence-corrected chi connectivity index (χ3v) is 4.15. The van der Waals surface area contributed by atoms with E-state index in [1.807, 2.05) is 6.08 Å². The van der Waals surface area contributed by atoms with E-state index in [1.54, 1.807) is 18.5 Å². The van der Waals surface area contributed by atoms with Crippen molar-refractivity contribution in [1.82, 2.24) is 15.0 Å². The molecule has 2 aromatic rings. The summed E-state index contributed by atoms with van der Waals surface area (Å²) < 4.78 is 0. The Labute approximate surface area is 125 Å². The molecule has 0 aliphatic carbocycles. The molecular weight excluding hydrogens is 288 g/mol. The van der Waals surface area contributed by atoms with Gasteiger partial charge in [-0.15, -0.1) is 11.3 Å². The number of aromatic nitrogens is 3. The first-order chi connectivity index (χ1) is 10.2. The van der Waals surface area contributed by atoms with Gasteiger partial charge in [0.15, 0.2) is 0 Å². The largest absolute Gasteiger partial charge is 0.477 e. The highest BCUT2D eigenvalue weighted by Crippen LogP contribution is 2.17. The van der Waals surface area contributed by atoms with Crippen LogP contribution in [0.15, 0.2) is 18.6 Å². The molecule has 1 aliphatic rings. The third-order valence-electron chi connectivity index (χ3n) is 3.20. The fraction of sp³-hybridized carbons (Fsp3) is 0.286. The van der Waals surface area contributed by atoms with Crippen molar-refractivity contribution in [2.45, 2.75) is 12.8 Å². The summed E-state index contributed by atoms with van der Waals surface area (Å²) in [5.74, 6) is -0.183. The molecule has 0 unspecified atom stereocenters. The average molecular weight is 302 g/mol. The summed E-state index contributed by atoms with van der Waals surface area (Å²) in [7, 11) is 0. The van der Waals surface area contributed by atoms with E-state index in [2.05, 4.69) is 19.9 Å². The zero-order valence-corrected chi connectivity index (χ0v) is 12.1. The standard InChI is InChI=1S/C14H14N4O2S/c19-13(20)11-9-15-12(21-11)4-3-10-7-16-14(17-8-10)18-5-1-2-6-18/h3-4,7-9H,1-2,5-6H2,(H,19,20). The molecule has 108 valence electrons. The van der Waals surface area contributed by atoms with Crippen molar-refractivity contribution < 1.29 is 9.90 Å². The van der Waals surface area contributed by atoms with Crippen LogP contribution in [0.5, 0.6) is 0 Å². The number of carboxylic acids is 1. The molecule has 3 heterocycles. The minimum absolute atomic E-state index is 0.232. The third kappa shape index (κ3) is 3.25. The topological polar surface area (TPSA) is 79.2 Å². The van der Waals surface area contributed by atoms with Crippen LogP contribution in [0.25, 0.3) is 12.2 Å². The predicted molar refractivity (Wildman–Crippen MR) is 81.5 cm³/mol. The van der Waals surface area contributed by atoms with Gasteiger partial charge in [0.2, 0.25) is 5.95 Å². The van der Waals surface area contributed by atoms with Crippen LogP contribution in [0, 0.1) is 0 Å². The Balaban J connectivity index is 1.69. The zero-order valence-electron chi connectivity index (χ0n) is 11.3. The van der Waals surface area contributed by atoms with Gasteiger partial charge in [0.1, 0.15) is 9.88 Å². The van der Waals surface area contributed by atoms with Crippen LogP contribution in [0.4, 0.5) is 5.95 Å². The van der Waals surface area contributed by atoms with Crippen LogP contribution < -0.4 is 4.90 Å². The summed E-state index contributed by atoms with van der Waals surface area (Å²) in [5.41, 5.74) is 0.866. The molecule has 1 saturated heterocycles. The number of rotatable bonds is 4. The minimum atomic E-state index is -0.953. The van der Waals surface area contributed by atoms with Gasteiger partial charge in [-0.05, 0) is 25.0 Å². The van der Waals surface area contributed by atoms with Crippen LogP contribution in [-0.2, 0) is 0 Å².